The van der Waals surface area contributed by atoms with Crippen molar-refractivity contribution in [2.75, 3.05) is 14.2 Å². The van der Waals surface area contributed by atoms with E-state index >= 15 is 0 Å². The highest BCUT2D eigenvalue weighted by Crippen LogP contribution is 2.43. The highest BCUT2D eigenvalue weighted by atomic mass is 16.7. The van der Waals surface area contributed by atoms with Crippen molar-refractivity contribution in [3.05, 3.63) is 0 Å². The van der Waals surface area contributed by atoms with Gasteiger partial charge in [0.1, 0.15) is 23.6 Å². The minimum absolute atomic E-state index is 0.184. The van der Waals surface area contributed by atoms with Gasteiger partial charge in [0.05, 0.1) is 35.4 Å². The molecule has 2 saturated heterocycles. The van der Waals surface area contributed by atoms with Crippen LogP contribution in [0.15, 0.2) is 0 Å². The fraction of sp³-hybridized carbons (Fsp3) is 0.938. The predicted octanol–water partition coefficient (Wildman–Crippen LogP) is 3.65. The molecule has 3 N–H and O–H groups in total. The Hall–Kier alpha value is -1.14. The van der Waals surface area contributed by atoms with Crippen LogP contribution in [0, 0.1) is 29.6 Å². The molecule has 10 heteroatoms. The molecule has 2 fully saturated rings. The minimum atomic E-state index is -1.88. The Morgan fingerprint density at radius 3 is 2.00 bits per heavy atom. The fourth-order valence-electron chi connectivity index (χ4n) is 7.21. The second-order valence-electron chi connectivity index (χ2n) is 13.4. The van der Waals surface area contributed by atoms with Crippen LogP contribution in [0.5, 0.6) is 0 Å². The maximum Gasteiger partial charge on any atom is 0.311 e. The van der Waals surface area contributed by atoms with E-state index in [-0.39, 0.29) is 30.5 Å². The maximum absolute atomic E-state index is 13.8. The first-order chi connectivity index (χ1) is 19.4. The second kappa shape index (κ2) is 14.3. The lowest BCUT2D eigenvalue weighted by Gasteiger charge is -2.48. The van der Waals surface area contributed by atoms with Crippen molar-refractivity contribution >= 4 is 11.8 Å². The first-order valence-corrected chi connectivity index (χ1v) is 15.6. The van der Waals surface area contributed by atoms with E-state index in [2.05, 4.69) is 0 Å². The van der Waals surface area contributed by atoms with Crippen LogP contribution in [-0.4, -0.2) is 94.9 Å². The number of esters is 1. The summed E-state index contributed by atoms with van der Waals surface area (Å²) in [7, 11) is 3.17. The van der Waals surface area contributed by atoms with Crippen LogP contribution in [0.1, 0.15) is 94.9 Å². The normalized spacial score (nSPS) is 48.4. The number of carbonyl (C=O) groups excluding carboxylic acids is 2. The van der Waals surface area contributed by atoms with Gasteiger partial charge in [0.25, 0.3) is 0 Å². The smallest absolute Gasteiger partial charge is 0.311 e. The summed E-state index contributed by atoms with van der Waals surface area (Å²) in [6.07, 6.45) is -4.02. The molecule has 0 aliphatic carbocycles. The summed E-state index contributed by atoms with van der Waals surface area (Å²) in [5.41, 5.74) is -3.54. The Kier molecular flexibility index (Phi) is 12.6. The van der Waals surface area contributed by atoms with Crippen LogP contribution in [0.2, 0.25) is 0 Å². The van der Waals surface area contributed by atoms with Gasteiger partial charge >= 0.3 is 5.97 Å². The summed E-state index contributed by atoms with van der Waals surface area (Å²) < 4.78 is 30.4. The highest BCUT2D eigenvalue weighted by molar-refractivity contribution is 5.83. The van der Waals surface area contributed by atoms with E-state index in [1.165, 1.54) is 14.0 Å². The van der Waals surface area contributed by atoms with Gasteiger partial charge in [0.15, 0.2) is 6.29 Å². The molecule has 0 aromatic carbocycles. The van der Waals surface area contributed by atoms with Crippen LogP contribution < -0.4 is 0 Å². The molecule has 246 valence electrons. The Morgan fingerprint density at radius 2 is 1.50 bits per heavy atom. The minimum Gasteiger partial charge on any atom is -0.459 e. The van der Waals surface area contributed by atoms with E-state index in [1.807, 2.05) is 27.7 Å². The number of aliphatic hydroxyl groups excluding tert-OH is 2. The summed E-state index contributed by atoms with van der Waals surface area (Å²) in [5, 5.41) is 33.4. The summed E-state index contributed by atoms with van der Waals surface area (Å²) >= 11 is 0. The van der Waals surface area contributed by atoms with Crippen molar-refractivity contribution in [2.24, 2.45) is 29.6 Å². The van der Waals surface area contributed by atoms with Crippen LogP contribution >= 0.6 is 0 Å². The average Bonchev–Trinajstić information content (AvgIpc) is 2.96. The molecule has 0 saturated carbocycles. The standard InChI is InChI=1S/C32H58O10/c1-13-23-31(10,37)27(34)19(5)25(33)17(3)15-32(14-2,39-12)21(7)18(4)26(20(6)29(36)41-23)42-24-16-30(9,38-11)28(35)22(8)40-24/h17-24,26-28,34-35,37H,13-16H2,1-12H3/t17-,18-,19+,20-,21?,22+,23-,24+,26+,27-,28+,30-,31-,32-/m1/s1. The molecule has 2 aliphatic rings. The Labute approximate surface area is 252 Å². The molecule has 14 atom stereocenters. The molecule has 42 heavy (non-hydrogen) atoms. The number of cyclic esters (lactones) is 1. The molecule has 0 amide bonds. The maximum atomic E-state index is 13.8. The third-order valence-corrected chi connectivity index (χ3v) is 10.7. The lowest BCUT2D eigenvalue weighted by atomic mass is 9.69. The van der Waals surface area contributed by atoms with Gasteiger partial charge in [-0.2, -0.15) is 0 Å². The molecule has 0 radical (unpaired) electrons. The van der Waals surface area contributed by atoms with Gasteiger partial charge in [-0.25, -0.2) is 0 Å². The van der Waals surface area contributed by atoms with Crippen molar-refractivity contribution in [3.63, 3.8) is 0 Å². The quantitative estimate of drug-likeness (QED) is 0.386. The van der Waals surface area contributed by atoms with Crippen LogP contribution in [0.3, 0.4) is 0 Å². The molecule has 0 aromatic rings. The van der Waals surface area contributed by atoms with Crippen molar-refractivity contribution in [2.45, 2.75) is 149 Å². The molecule has 2 rings (SSSR count). The molecular weight excluding hydrogens is 544 g/mol. The fourth-order valence-corrected chi connectivity index (χ4v) is 7.21. The number of ether oxygens (including phenoxy) is 5. The summed E-state index contributed by atoms with van der Waals surface area (Å²) in [4.78, 5) is 27.3. The predicted molar refractivity (Wildman–Crippen MR) is 158 cm³/mol. The number of carbonyl (C=O) groups is 2. The monoisotopic (exact) mass is 602 g/mol. The molecule has 0 aromatic heterocycles. The van der Waals surface area contributed by atoms with Gasteiger partial charge in [-0.1, -0.05) is 41.5 Å². The van der Waals surface area contributed by atoms with E-state index in [0.29, 0.717) is 12.8 Å². The summed E-state index contributed by atoms with van der Waals surface area (Å²) in [6.45, 7) is 17.9. The largest absolute Gasteiger partial charge is 0.459 e. The molecule has 2 aliphatic heterocycles. The second-order valence-corrected chi connectivity index (χ2v) is 13.4. The van der Waals surface area contributed by atoms with E-state index in [0.717, 1.165) is 0 Å². The number of aliphatic hydroxyl groups is 3. The number of methoxy groups -OCH3 is 2. The van der Waals surface area contributed by atoms with Crippen LogP contribution in [0.25, 0.3) is 0 Å². The first kappa shape index (κ1) is 37.0. The van der Waals surface area contributed by atoms with Crippen molar-refractivity contribution in [3.8, 4) is 0 Å². The zero-order chi connectivity index (χ0) is 32.4. The van der Waals surface area contributed by atoms with Crippen molar-refractivity contribution < 1.29 is 48.6 Å². The molecule has 2 heterocycles. The Bertz CT molecular complexity index is 904. The van der Waals surface area contributed by atoms with E-state index < -0.39 is 77.3 Å². The molecule has 1 unspecified atom stereocenters. The topological polar surface area (TPSA) is 141 Å². The van der Waals surface area contributed by atoms with Gasteiger partial charge in [-0.05, 0) is 58.8 Å². The number of Topliss-reactive ketones (excluding diaryl/α,β-unsaturated/α-hetero) is 1. The van der Waals surface area contributed by atoms with Gasteiger partial charge in [0.2, 0.25) is 0 Å². The zero-order valence-electron chi connectivity index (χ0n) is 27.9. The lowest BCUT2D eigenvalue weighted by Crippen LogP contribution is -2.58. The van der Waals surface area contributed by atoms with Gasteiger partial charge in [0, 0.05) is 32.5 Å². The van der Waals surface area contributed by atoms with Crippen molar-refractivity contribution in [1.29, 1.82) is 0 Å². The Morgan fingerprint density at radius 1 is 0.905 bits per heavy atom. The van der Waals surface area contributed by atoms with Gasteiger partial charge in [-0.15, -0.1) is 0 Å². The summed E-state index contributed by atoms with van der Waals surface area (Å²) in [6, 6.07) is 0. The molecule has 10 nitrogen and oxygen atoms in total. The zero-order valence-corrected chi connectivity index (χ0v) is 27.9. The molecule has 0 spiro atoms. The third-order valence-electron chi connectivity index (χ3n) is 10.7. The number of ketones is 1. The average molecular weight is 603 g/mol. The molecular formula is C32H58O10. The highest BCUT2D eigenvalue weighted by Gasteiger charge is 2.51. The Balaban J connectivity index is 2.63. The lowest BCUT2D eigenvalue weighted by molar-refractivity contribution is -0.298. The van der Waals surface area contributed by atoms with E-state index in [1.54, 1.807) is 41.7 Å². The molecule has 0 bridgehead atoms. The van der Waals surface area contributed by atoms with Crippen molar-refractivity contribution in [1.82, 2.24) is 0 Å². The van der Waals surface area contributed by atoms with Crippen LogP contribution in [-0.2, 0) is 33.3 Å². The first-order valence-electron chi connectivity index (χ1n) is 15.6. The van der Waals surface area contributed by atoms with Gasteiger partial charge in [-0.3, -0.25) is 9.59 Å². The number of hydrogen-bond acceptors (Lipinski definition) is 10. The van der Waals surface area contributed by atoms with E-state index in [9.17, 15) is 24.9 Å². The van der Waals surface area contributed by atoms with Crippen LogP contribution in [0.4, 0.5) is 0 Å². The van der Waals surface area contributed by atoms with Gasteiger partial charge < -0.3 is 39.0 Å². The number of rotatable bonds is 6. The number of hydrogen-bond donors (Lipinski definition) is 3. The summed E-state index contributed by atoms with van der Waals surface area (Å²) in [5.74, 6) is -3.42. The van der Waals surface area contributed by atoms with E-state index in [4.69, 9.17) is 23.7 Å². The SMILES string of the molecule is CC[C@H]1OC(=O)[C@H](C)[C@@H](O[C@H]2C[C@@](C)(OC)[C@@H](O)[C@H](C)O2)[C@H](C)C(C)[C@](CC)(OC)C[C@@H](C)C(=O)[C@H](C)[C@@H](O)[C@]1(C)O. The third kappa shape index (κ3) is 7.22.